The summed E-state index contributed by atoms with van der Waals surface area (Å²) in [7, 11) is 0. The van der Waals surface area contributed by atoms with Crippen molar-refractivity contribution in [2.24, 2.45) is 0 Å². The highest BCUT2D eigenvalue weighted by molar-refractivity contribution is 5.54. The Bertz CT molecular complexity index is 535. The Morgan fingerprint density at radius 2 is 2.22 bits per heavy atom. The van der Waals surface area contributed by atoms with E-state index < -0.39 is 0 Å². The predicted octanol–water partition coefficient (Wildman–Crippen LogP) is 2.34. The Hall–Kier alpha value is -1.75. The summed E-state index contributed by atoms with van der Waals surface area (Å²) in [6.45, 7) is 1.88. The standard InChI is InChI=1S/C13H14FN3O/c14-11-6-2-1-5-10(11)12-16-13(18-17-12)9-4-3-7-15-8-9/h1-2,5-6,9,15H,3-4,7-8H2/t9-/m0/s1. The topological polar surface area (TPSA) is 51.0 Å². The van der Waals surface area contributed by atoms with Crippen LogP contribution in [0.3, 0.4) is 0 Å². The van der Waals surface area contributed by atoms with E-state index in [-0.39, 0.29) is 11.7 Å². The summed E-state index contributed by atoms with van der Waals surface area (Å²) in [4.78, 5) is 4.31. The van der Waals surface area contributed by atoms with E-state index in [1.54, 1.807) is 18.2 Å². The van der Waals surface area contributed by atoms with E-state index >= 15 is 0 Å². The molecule has 0 spiro atoms. The van der Waals surface area contributed by atoms with E-state index in [2.05, 4.69) is 15.5 Å². The fraction of sp³-hybridized carbons (Fsp3) is 0.385. The molecule has 0 radical (unpaired) electrons. The van der Waals surface area contributed by atoms with Crippen molar-refractivity contribution in [3.8, 4) is 11.4 Å². The van der Waals surface area contributed by atoms with Gasteiger partial charge in [0, 0.05) is 6.54 Å². The fourth-order valence-electron chi connectivity index (χ4n) is 2.22. The number of benzene rings is 1. The zero-order valence-corrected chi connectivity index (χ0v) is 9.90. The largest absolute Gasteiger partial charge is 0.339 e. The lowest BCUT2D eigenvalue weighted by molar-refractivity contribution is 0.322. The lowest BCUT2D eigenvalue weighted by Crippen LogP contribution is -2.28. The average Bonchev–Trinajstić information content (AvgIpc) is 2.90. The van der Waals surface area contributed by atoms with Crippen molar-refractivity contribution in [2.45, 2.75) is 18.8 Å². The quantitative estimate of drug-likeness (QED) is 0.885. The molecular weight excluding hydrogens is 233 g/mol. The first kappa shape index (κ1) is 11.3. The lowest BCUT2D eigenvalue weighted by atomic mass is 10.00. The van der Waals surface area contributed by atoms with Crippen LogP contribution in [0, 0.1) is 5.82 Å². The molecule has 3 rings (SSSR count). The molecule has 0 saturated carbocycles. The van der Waals surface area contributed by atoms with E-state index in [1.807, 2.05) is 0 Å². The Labute approximate surface area is 104 Å². The van der Waals surface area contributed by atoms with Gasteiger partial charge >= 0.3 is 0 Å². The molecule has 18 heavy (non-hydrogen) atoms. The molecule has 0 bridgehead atoms. The molecule has 1 aliphatic rings. The Kier molecular flexibility index (Phi) is 3.06. The Morgan fingerprint density at radius 3 is 3.00 bits per heavy atom. The van der Waals surface area contributed by atoms with E-state index in [0.29, 0.717) is 17.3 Å². The van der Waals surface area contributed by atoms with Crippen LogP contribution in [0.15, 0.2) is 28.8 Å². The van der Waals surface area contributed by atoms with E-state index in [4.69, 9.17) is 4.52 Å². The molecule has 2 aromatic rings. The van der Waals surface area contributed by atoms with Gasteiger partial charge in [0.05, 0.1) is 11.5 Å². The molecule has 0 amide bonds. The summed E-state index contributed by atoms with van der Waals surface area (Å²) in [5.41, 5.74) is 0.385. The number of rotatable bonds is 2. The summed E-state index contributed by atoms with van der Waals surface area (Å²) in [6, 6.07) is 6.46. The van der Waals surface area contributed by atoms with Gasteiger partial charge in [-0.3, -0.25) is 0 Å². The normalized spacial score (nSPS) is 19.9. The number of aromatic nitrogens is 2. The minimum absolute atomic E-state index is 0.242. The van der Waals surface area contributed by atoms with Crippen LogP contribution < -0.4 is 5.32 Å². The molecule has 94 valence electrons. The number of hydrogen-bond acceptors (Lipinski definition) is 4. The van der Waals surface area contributed by atoms with Crippen LogP contribution in [0.4, 0.5) is 4.39 Å². The highest BCUT2D eigenvalue weighted by Crippen LogP contribution is 2.25. The number of halogens is 1. The maximum Gasteiger partial charge on any atom is 0.231 e. The molecule has 1 aromatic heterocycles. The Balaban J connectivity index is 1.87. The van der Waals surface area contributed by atoms with Gasteiger partial charge in [-0.2, -0.15) is 4.98 Å². The molecule has 4 nitrogen and oxygen atoms in total. The molecule has 1 N–H and O–H groups in total. The molecule has 1 aromatic carbocycles. The average molecular weight is 247 g/mol. The molecule has 1 saturated heterocycles. The zero-order chi connectivity index (χ0) is 12.4. The predicted molar refractivity (Wildman–Crippen MR) is 64.5 cm³/mol. The van der Waals surface area contributed by atoms with Crippen molar-refractivity contribution >= 4 is 0 Å². The molecular formula is C13H14FN3O. The van der Waals surface area contributed by atoms with Crippen molar-refractivity contribution in [3.05, 3.63) is 36.0 Å². The second kappa shape index (κ2) is 4.86. The fourth-order valence-corrected chi connectivity index (χ4v) is 2.22. The molecule has 1 atom stereocenters. The summed E-state index contributed by atoms with van der Waals surface area (Å²) < 4.78 is 18.8. The van der Waals surface area contributed by atoms with Crippen molar-refractivity contribution < 1.29 is 8.91 Å². The van der Waals surface area contributed by atoms with Gasteiger partial charge < -0.3 is 9.84 Å². The van der Waals surface area contributed by atoms with Crippen LogP contribution >= 0.6 is 0 Å². The van der Waals surface area contributed by atoms with Crippen LogP contribution in [0.1, 0.15) is 24.7 Å². The van der Waals surface area contributed by atoms with E-state index in [9.17, 15) is 4.39 Å². The molecule has 1 aliphatic heterocycles. The number of nitrogens with one attached hydrogen (secondary N) is 1. The SMILES string of the molecule is Fc1ccccc1-c1noc([C@H]2CCCNC2)n1. The van der Waals surface area contributed by atoms with Gasteiger partial charge in [-0.1, -0.05) is 17.3 Å². The number of piperidine rings is 1. The summed E-state index contributed by atoms with van der Waals surface area (Å²) >= 11 is 0. The van der Waals surface area contributed by atoms with E-state index in [1.165, 1.54) is 6.07 Å². The van der Waals surface area contributed by atoms with Gasteiger partial charge in [0.2, 0.25) is 11.7 Å². The molecule has 0 unspecified atom stereocenters. The van der Waals surface area contributed by atoms with E-state index in [0.717, 1.165) is 25.9 Å². The second-order valence-electron chi connectivity index (χ2n) is 4.48. The van der Waals surface area contributed by atoms with Gasteiger partial charge in [0.1, 0.15) is 5.82 Å². The molecule has 2 heterocycles. The minimum Gasteiger partial charge on any atom is -0.339 e. The summed E-state index contributed by atoms with van der Waals surface area (Å²) in [5.74, 6) is 0.840. The zero-order valence-electron chi connectivity index (χ0n) is 9.90. The van der Waals surface area contributed by atoms with Gasteiger partial charge in [-0.05, 0) is 31.5 Å². The Morgan fingerprint density at radius 1 is 1.33 bits per heavy atom. The van der Waals surface area contributed by atoms with Crippen molar-refractivity contribution in [1.29, 1.82) is 0 Å². The second-order valence-corrected chi connectivity index (χ2v) is 4.48. The molecule has 1 fully saturated rings. The third-order valence-corrected chi connectivity index (χ3v) is 3.20. The summed E-state index contributed by atoms with van der Waals surface area (Å²) in [6.07, 6.45) is 2.13. The van der Waals surface area contributed by atoms with Crippen LogP contribution in [-0.2, 0) is 0 Å². The van der Waals surface area contributed by atoms with Gasteiger partial charge in [0.25, 0.3) is 0 Å². The number of nitrogens with zero attached hydrogens (tertiary/aromatic N) is 2. The highest BCUT2D eigenvalue weighted by Gasteiger charge is 2.22. The van der Waals surface area contributed by atoms with Crippen LogP contribution in [0.5, 0.6) is 0 Å². The maximum absolute atomic E-state index is 13.6. The first-order valence-corrected chi connectivity index (χ1v) is 6.14. The third kappa shape index (κ3) is 2.13. The minimum atomic E-state index is -0.327. The monoisotopic (exact) mass is 247 g/mol. The summed E-state index contributed by atoms with van der Waals surface area (Å²) in [5, 5.41) is 7.16. The van der Waals surface area contributed by atoms with Crippen molar-refractivity contribution in [2.75, 3.05) is 13.1 Å². The lowest BCUT2D eigenvalue weighted by Gasteiger charge is -2.18. The molecule has 5 heteroatoms. The highest BCUT2D eigenvalue weighted by atomic mass is 19.1. The van der Waals surface area contributed by atoms with Crippen LogP contribution in [-0.4, -0.2) is 23.2 Å². The first-order valence-electron chi connectivity index (χ1n) is 6.14. The first-order chi connectivity index (χ1) is 8.84. The van der Waals surface area contributed by atoms with Gasteiger partial charge in [-0.15, -0.1) is 0 Å². The third-order valence-electron chi connectivity index (χ3n) is 3.20. The van der Waals surface area contributed by atoms with Crippen LogP contribution in [0.25, 0.3) is 11.4 Å². The number of hydrogen-bond donors (Lipinski definition) is 1. The van der Waals surface area contributed by atoms with Gasteiger partial charge in [-0.25, -0.2) is 4.39 Å². The smallest absolute Gasteiger partial charge is 0.231 e. The molecule has 0 aliphatic carbocycles. The van der Waals surface area contributed by atoms with Crippen molar-refractivity contribution in [1.82, 2.24) is 15.5 Å². The van der Waals surface area contributed by atoms with Gasteiger partial charge in [0.15, 0.2) is 0 Å². The maximum atomic E-state index is 13.6. The van der Waals surface area contributed by atoms with Crippen molar-refractivity contribution in [3.63, 3.8) is 0 Å². The van der Waals surface area contributed by atoms with Crippen LogP contribution in [0.2, 0.25) is 0 Å².